The van der Waals surface area contributed by atoms with Crippen LogP contribution in [0.1, 0.15) is 17.0 Å². The molecule has 1 aliphatic carbocycles. The smallest absolute Gasteiger partial charge is 0.188 e. The highest BCUT2D eigenvalue weighted by Crippen LogP contribution is 2.37. The molecular weight excluding hydrogens is 270 g/mol. The van der Waals surface area contributed by atoms with Gasteiger partial charge in [-0.25, -0.2) is 4.98 Å². The van der Waals surface area contributed by atoms with Crippen LogP contribution < -0.4 is 5.32 Å². The van der Waals surface area contributed by atoms with Gasteiger partial charge in [-0.2, -0.15) is 5.10 Å². The number of pyridine rings is 1. The van der Waals surface area contributed by atoms with Crippen LogP contribution >= 0.6 is 11.3 Å². The van der Waals surface area contributed by atoms with Crippen LogP contribution in [0.2, 0.25) is 0 Å². The van der Waals surface area contributed by atoms with E-state index in [0.717, 1.165) is 41.3 Å². The van der Waals surface area contributed by atoms with Crippen molar-refractivity contribution in [3.05, 3.63) is 41.3 Å². The molecule has 5 nitrogen and oxygen atoms in total. The molecule has 2 N–H and O–H groups in total. The number of hydrogen-bond donors (Lipinski definition) is 2. The van der Waals surface area contributed by atoms with E-state index in [1.807, 2.05) is 18.3 Å². The molecule has 0 aromatic carbocycles. The summed E-state index contributed by atoms with van der Waals surface area (Å²) in [5.74, 6) is 0. The molecular formula is C14H13N5S. The van der Waals surface area contributed by atoms with E-state index in [1.165, 1.54) is 10.6 Å². The second-order valence-corrected chi connectivity index (χ2v) is 5.86. The van der Waals surface area contributed by atoms with E-state index in [0.29, 0.717) is 0 Å². The van der Waals surface area contributed by atoms with E-state index < -0.39 is 0 Å². The number of fused-ring (bicyclic) bond motifs is 3. The Bertz CT molecular complexity index is 731. The molecule has 3 aromatic heterocycles. The van der Waals surface area contributed by atoms with Gasteiger partial charge in [-0.05, 0) is 31.4 Å². The van der Waals surface area contributed by atoms with E-state index in [1.54, 1.807) is 23.7 Å². The number of hydrogen-bond acceptors (Lipinski definition) is 5. The number of anilines is 2. The first-order chi connectivity index (χ1) is 9.90. The summed E-state index contributed by atoms with van der Waals surface area (Å²) < 4.78 is 0. The van der Waals surface area contributed by atoms with Gasteiger partial charge in [-0.15, -0.1) is 11.3 Å². The highest BCUT2D eigenvalue weighted by molar-refractivity contribution is 7.16. The topological polar surface area (TPSA) is 66.5 Å². The third kappa shape index (κ3) is 1.98. The standard InChI is InChI=1S/C14H13N5S/c1-4-11-10(8-16-19-11)13-12(5-1)20-14(18-13)17-9-3-2-6-15-7-9/h2-3,6-8H,1,4-5H2,(H,16,19)(H,17,18). The van der Waals surface area contributed by atoms with Crippen LogP contribution in [0.15, 0.2) is 30.7 Å². The van der Waals surface area contributed by atoms with Gasteiger partial charge in [-0.1, -0.05) is 0 Å². The van der Waals surface area contributed by atoms with Crippen molar-refractivity contribution >= 4 is 22.2 Å². The summed E-state index contributed by atoms with van der Waals surface area (Å²) in [6.07, 6.45) is 8.70. The van der Waals surface area contributed by atoms with E-state index >= 15 is 0 Å². The van der Waals surface area contributed by atoms with Crippen LogP contribution in [0.5, 0.6) is 0 Å². The fourth-order valence-electron chi connectivity index (χ4n) is 2.48. The molecule has 3 heterocycles. The first-order valence-corrected chi connectivity index (χ1v) is 7.41. The minimum absolute atomic E-state index is 0.914. The maximum Gasteiger partial charge on any atom is 0.188 e. The lowest BCUT2D eigenvalue weighted by molar-refractivity contribution is 0.811. The molecule has 0 amide bonds. The zero-order valence-electron chi connectivity index (χ0n) is 10.8. The number of aromatic nitrogens is 4. The molecule has 0 aliphatic heterocycles. The number of H-pyrrole nitrogens is 1. The van der Waals surface area contributed by atoms with Crippen LogP contribution in [-0.4, -0.2) is 20.2 Å². The monoisotopic (exact) mass is 283 g/mol. The Morgan fingerprint density at radius 1 is 1.25 bits per heavy atom. The second-order valence-electron chi connectivity index (χ2n) is 4.77. The lowest BCUT2D eigenvalue weighted by Crippen LogP contribution is -1.90. The molecule has 0 saturated carbocycles. The molecule has 0 saturated heterocycles. The molecule has 3 aromatic rings. The fourth-order valence-corrected chi connectivity index (χ4v) is 3.52. The van der Waals surface area contributed by atoms with Crippen molar-refractivity contribution < 1.29 is 0 Å². The Kier molecular flexibility index (Phi) is 2.74. The Morgan fingerprint density at radius 3 is 3.15 bits per heavy atom. The lowest BCUT2D eigenvalue weighted by atomic mass is 10.2. The largest absolute Gasteiger partial charge is 0.330 e. The predicted octanol–water partition coefficient (Wildman–Crippen LogP) is 3.16. The maximum absolute atomic E-state index is 4.74. The van der Waals surface area contributed by atoms with E-state index in [9.17, 15) is 0 Å². The summed E-state index contributed by atoms with van der Waals surface area (Å²) in [7, 11) is 0. The summed E-state index contributed by atoms with van der Waals surface area (Å²) >= 11 is 1.72. The summed E-state index contributed by atoms with van der Waals surface area (Å²) in [5.41, 5.74) is 4.38. The highest BCUT2D eigenvalue weighted by Gasteiger charge is 2.20. The molecule has 0 radical (unpaired) electrons. The van der Waals surface area contributed by atoms with Crippen LogP contribution in [0, 0.1) is 0 Å². The summed E-state index contributed by atoms with van der Waals surface area (Å²) in [6, 6.07) is 3.90. The number of aryl methyl sites for hydroxylation is 2. The van der Waals surface area contributed by atoms with Crippen molar-refractivity contribution in [3.8, 4) is 11.3 Å². The number of aromatic amines is 1. The Labute approximate surface area is 120 Å². The zero-order chi connectivity index (χ0) is 13.4. The number of thiazole rings is 1. The highest BCUT2D eigenvalue weighted by atomic mass is 32.1. The minimum atomic E-state index is 0.914. The summed E-state index contributed by atoms with van der Waals surface area (Å²) in [5, 5.41) is 11.5. The number of nitrogens with zero attached hydrogens (tertiary/aromatic N) is 3. The molecule has 20 heavy (non-hydrogen) atoms. The second kappa shape index (κ2) is 4.72. The molecule has 0 atom stereocenters. The summed E-state index contributed by atoms with van der Waals surface area (Å²) in [4.78, 5) is 10.2. The van der Waals surface area contributed by atoms with Crippen molar-refractivity contribution in [1.29, 1.82) is 0 Å². The van der Waals surface area contributed by atoms with Gasteiger partial charge < -0.3 is 5.32 Å². The first-order valence-electron chi connectivity index (χ1n) is 6.59. The SMILES string of the molecule is c1cncc(Nc2nc3c(s2)CCCc2[nH]ncc2-3)c1. The third-order valence-electron chi connectivity index (χ3n) is 3.41. The third-order valence-corrected chi connectivity index (χ3v) is 4.44. The van der Waals surface area contributed by atoms with E-state index in [-0.39, 0.29) is 0 Å². The van der Waals surface area contributed by atoms with Gasteiger partial charge in [0.1, 0.15) is 0 Å². The lowest BCUT2D eigenvalue weighted by Gasteiger charge is -2.00. The molecule has 4 rings (SSSR count). The molecule has 0 fully saturated rings. The number of rotatable bonds is 2. The van der Waals surface area contributed by atoms with Gasteiger partial charge in [0.25, 0.3) is 0 Å². The van der Waals surface area contributed by atoms with Gasteiger partial charge in [0.05, 0.1) is 23.8 Å². The number of nitrogens with one attached hydrogen (secondary N) is 2. The Hall–Kier alpha value is -2.21. The van der Waals surface area contributed by atoms with Gasteiger partial charge >= 0.3 is 0 Å². The van der Waals surface area contributed by atoms with E-state index in [4.69, 9.17) is 4.98 Å². The average Bonchev–Trinajstić information content (AvgIpc) is 3.04. The average molecular weight is 283 g/mol. The molecule has 6 heteroatoms. The Balaban J connectivity index is 1.72. The summed E-state index contributed by atoms with van der Waals surface area (Å²) in [6.45, 7) is 0. The van der Waals surface area contributed by atoms with Gasteiger partial charge in [0, 0.05) is 22.3 Å². The molecule has 1 aliphatic rings. The normalized spacial score (nSPS) is 13.4. The van der Waals surface area contributed by atoms with E-state index in [2.05, 4.69) is 20.5 Å². The quantitative estimate of drug-likeness (QED) is 0.758. The van der Waals surface area contributed by atoms with Gasteiger partial charge in [0.2, 0.25) is 0 Å². The van der Waals surface area contributed by atoms with Crippen LogP contribution in [-0.2, 0) is 12.8 Å². The van der Waals surface area contributed by atoms with Crippen molar-refractivity contribution in [3.63, 3.8) is 0 Å². The zero-order valence-corrected chi connectivity index (χ0v) is 11.6. The molecule has 0 unspecified atom stereocenters. The molecule has 100 valence electrons. The fraction of sp³-hybridized carbons (Fsp3) is 0.214. The van der Waals surface area contributed by atoms with Crippen LogP contribution in [0.25, 0.3) is 11.3 Å². The van der Waals surface area contributed by atoms with Crippen molar-refractivity contribution in [1.82, 2.24) is 20.2 Å². The molecule has 0 bridgehead atoms. The van der Waals surface area contributed by atoms with Crippen LogP contribution in [0.4, 0.5) is 10.8 Å². The van der Waals surface area contributed by atoms with Gasteiger partial charge in [0.15, 0.2) is 5.13 Å². The van der Waals surface area contributed by atoms with Crippen molar-refractivity contribution in [2.75, 3.05) is 5.32 Å². The predicted molar refractivity (Wildman–Crippen MR) is 79.2 cm³/mol. The van der Waals surface area contributed by atoms with Crippen molar-refractivity contribution in [2.45, 2.75) is 19.3 Å². The van der Waals surface area contributed by atoms with Crippen molar-refractivity contribution in [2.24, 2.45) is 0 Å². The van der Waals surface area contributed by atoms with Crippen LogP contribution in [0.3, 0.4) is 0 Å². The first kappa shape index (κ1) is 11.6. The molecule has 0 spiro atoms. The Morgan fingerprint density at radius 2 is 2.25 bits per heavy atom. The minimum Gasteiger partial charge on any atom is -0.330 e. The van der Waals surface area contributed by atoms with Gasteiger partial charge in [-0.3, -0.25) is 10.1 Å². The maximum atomic E-state index is 4.74.